The lowest BCUT2D eigenvalue weighted by Crippen LogP contribution is -2.49. The Labute approximate surface area is 170 Å². The van der Waals surface area contributed by atoms with Gasteiger partial charge < -0.3 is 10.0 Å². The normalized spacial score (nSPS) is 22.0. The van der Waals surface area contributed by atoms with Crippen LogP contribution in [-0.4, -0.2) is 28.1 Å². The summed E-state index contributed by atoms with van der Waals surface area (Å²) in [5.41, 5.74) is 1.15. The topological polar surface area (TPSA) is 40.5 Å². The molecule has 1 aliphatic heterocycles. The number of piperidine rings is 1. The monoisotopic (exact) mass is 429 g/mol. The van der Waals surface area contributed by atoms with Crippen molar-refractivity contribution in [1.82, 2.24) is 4.90 Å². The zero-order valence-electron chi connectivity index (χ0n) is 16.3. The van der Waals surface area contributed by atoms with Crippen LogP contribution in [0.1, 0.15) is 57.2 Å². The van der Waals surface area contributed by atoms with Crippen molar-refractivity contribution < 1.29 is 9.90 Å². The average Bonchev–Trinajstić information content (AvgIpc) is 2.61. The van der Waals surface area contributed by atoms with Crippen LogP contribution in [0.15, 0.2) is 59.1 Å². The summed E-state index contributed by atoms with van der Waals surface area (Å²) in [6.07, 6.45) is 1.87. The molecule has 1 aliphatic rings. The molecule has 2 atom stereocenters. The largest absolute Gasteiger partial charge is 0.390 e. The van der Waals surface area contributed by atoms with Gasteiger partial charge in [0.05, 0.1) is 11.6 Å². The summed E-state index contributed by atoms with van der Waals surface area (Å²) in [4.78, 5) is 15.2. The number of carbonyl (C=O) groups is 1. The van der Waals surface area contributed by atoms with Gasteiger partial charge in [0, 0.05) is 22.9 Å². The lowest BCUT2D eigenvalue weighted by atomic mass is 9.66. The van der Waals surface area contributed by atoms with Crippen LogP contribution in [-0.2, 0) is 10.2 Å². The molecule has 0 unspecified atom stereocenters. The second-order valence-electron chi connectivity index (χ2n) is 8.38. The Morgan fingerprint density at radius 1 is 1.15 bits per heavy atom. The highest BCUT2D eigenvalue weighted by molar-refractivity contribution is 9.10. The predicted octanol–water partition coefficient (Wildman–Crippen LogP) is 5.23. The van der Waals surface area contributed by atoms with Crippen LogP contribution in [0, 0.1) is 0 Å². The van der Waals surface area contributed by atoms with Gasteiger partial charge in [0.15, 0.2) is 0 Å². The zero-order chi connectivity index (χ0) is 19.7. The molecule has 144 valence electrons. The van der Waals surface area contributed by atoms with Crippen molar-refractivity contribution in [2.45, 2.75) is 57.1 Å². The Morgan fingerprint density at radius 3 is 2.33 bits per heavy atom. The molecule has 1 heterocycles. The minimum absolute atomic E-state index is 0.0431. The number of amides is 1. The van der Waals surface area contributed by atoms with Gasteiger partial charge in [0.25, 0.3) is 0 Å². The Kier molecular flexibility index (Phi) is 5.78. The second kappa shape index (κ2) is 7.76. The van der Waals surface area contributed by atoms with Gasteiger partial charge in [-0.3, -0.25) is 4.79 Å². The number of halogens is 1. The van der Waals surface area contributed by atoms with E-state index in [-0.39, 0.29) is 17.4 Å². The van der Waals surface area contributed by atoms with Gasteiger partial charge >= 0.3 is 0 Å². The quantitative estimate of drug-likeness (QED) is 0.706. The summed E-state index contributed by atoms with van der Waals surface area (Å²) >= 11 is 3.47. The van der Waals surface area contributed by atoms with E-state index in [0.717, 1.165) is 22.0 Å². The van der Waals surface area contributed by atoms with E-state index in [9.17, 15) is 9.90 Å². The summed E-state index contributed by atoms with van der Waals surface area (Å²) < 4.78 is 1.04. The van der Waals surface area contributed by atoms with Gasteiger partial charge in [-0.15, -0.1) is 0 Å². The summed E-state index contributed by atoms with van der Waals surface area (Å²) in [5, 5.41) is 10.5. The molecule has 1 saturated heterocycles. The Hall–Kier alpha value is -1.65. The van der Waals surface area contributed by atoms with Gasteiger partial charge in [-0.2, -0.15) is 0 Å². The standard InChI is InChI=1S/C23H28BrNO2/c1-17(18-9-11-20(24)12-10-18)25-14-13-23(15-21(25)26,16-22(2,3)27)19-7-5-4-6-8-19/h4-12,17,27H,13-16H2,1-3H3/t17-,23-/m1/s1. The number of likely N-dealkylation sites (tertiary alicyclic amines) is 1. The van der Waals surface area contributed by atoms with Crippen LogP contribution in [0.2, 0.25) is 0 Å². The van der Waals surface area contributed by atoms with Crippen molar-refractivity contribution in [2.24, 2.45) is 0 Å². The molecule has 1 fully saturated rings. The molecule has 0 radical (unpaired) electrons. The van der Waals surface area contributed by atoms with Crippen molar-refractivity contribution >= 4 is 21.8 Å². The van der Waals surface area contributed by atoms with E-state index in [0.29, 0.717) is 19.4 Å². The molecule has 2 aromatic carbocycles. The summed E-state index contributed by atoms with van der Waals surface area (Å²) in [7, 11) is 0. The number of hydrogen-bond acceptors (Lipinski definition) is 2. The predicted molar refractivity (Wildman–Crippen MR) is 113 cm³/mol. The zero-order valence-corrected chi connectivity index (χ0v) is 17.9. The lowest BCUT2D eigenvalue weighted by Gasteiger charge is -2.46. The Balaban J connectivity index is 1.85. The number of benzene rings is 2. The first kappa shape index (κ1) is 20.1. The lowest BCUT2D eigenvalue weighted by molar-refractivity contribution is -0.139. The molecule has 0 spiro atoms. The third-order valence-electron chi connectivity index (χ3n) is 5.62. The number of rotatable bonds is 5. The van der Waals surface area contributed by atoms with Crippen molar-refractivity contribution in [1.29, 1.82) is 0 Å². The summed E-state index contributed by atoms with van der Waals surface area (Å²) in [6, 6.07) is 18.4. The van der Waals surface area contributed by atoms with Crippen molar-refractivity contribution in [3.8, 4) is 0 Å². The molecule has 0 aromatic heterocycles. The minimum atomic E-state index is -0.824. The maximum absolute atomic E-state index is 13.2. The molecule has 3 nitrogen and oxygen atoms in total. The molecule has 1 amide bonds. The van der Waals surface area contributed by atoms with Crippen LogP contribution in [0.4, 0.5) is 0 Å². The molecule has 0 saturated carbocycles. The molecular weight excluding hydrogens is 402 g/mol. The van der Waals surface area contributed by atoms with Crippen molar-refractivity contribution in [3.63, 3.8) is 0 Å². The van der Waals surface area contributed by atoms with Gasteiger partial charge in [-0.1, -0.05) is 58.4 Å². The molecule has 0 bridgehead atoms. The SMILES string of the molecule is C[C@H](c1ccc(Br)cc1)N1CC[C@@](CC(C)(C)O)(c2ccccc2)CC1=O. The van der Waals surface area contributed by atoms with E-state index in [1.807, 2.05) is 49.1 Å². The first-order chi connectivity index (χ1) is 12.7. The molecule has 0 aliphatic carbocycles. The third kappa shape index (κ3) is 4.61. The van der Waals surface area contributed by atoms with E-state index in [1.54, 1.807) is 0 Å². The molecular formula is C23H28BrNO2. The van der Waals surface area contributed by atoms with Gasteiger partial charge in [-0.05, 0) is 56.9 Å². The maximum Gasteiger partial charge on any atom is 0.223 e. The average molecular weight is 430 g/mol. The van der Waals surface area contributed by atoms with E-state index in [4.69, 9.17) is 0 Å². The fourth-order valence-corrected chi connectivity index (χ4v) is 4.65. The number of carbonyl (C=O) groups excluding carboxylic acids is 1. The van der Waals surface area contributed by atoms with Gasteiger partial charge in [-0.25, -0.2) is 0 Å². The van der Waals surface area contributed by atoms with Crippen LogP contribution in [0.25, 0.3) is 0 Å². The van der Waals surface area contributed by atoms with Crippen LogP contribution >= 0.6 is 15.9 Å². The Morgan fingerprint density at radius 2 is 1.78 bits per heavy atom. The number of aliphatic hydroxyl groups is 1. The number of nitrogens with zero attached hydrogens (tertiary/aromatic N) is 1. The van der Waals surface area contributed by atoms with Gasteiger partial charge in [0.1, 0.15) is 0 Å². The summed E-state index contributed by atoms with van der Waals surface area (Å²) in [5.74, 6) is 0.157. The van der Waals surface area contributed by atoms with E-state index in [1.165, 1.54) is 0 Å². The van der Waals surface area contributed by atoms with Crippen molar-refractivity contribution in [2.75, 3.05) is 6.54 Å². The fourth-order valence-electron chi connectivity index (χ4n) is 4.39. The molecule has 4 heteroatoms. The van der Waals surface area contributed by atoms with Crippen molar-refractivity contribution in [3.05, 3.63) is 70.2 Å². The smallest absolute Gasteiger partial charge is 0.223 e. The first-order valence-corrected chi connectivity index (χ1v) is 10.3. The van der Waals surface area contributed by atoms with E-state index in [2.05, 4.69) is 47.1 Å². The fraction of sp³-hybridized carbons (Fsp3) is 0.435. The molecule has 27 heavy (non-hydrogen) atoms. The van der Waals surface area contributed by atoms with Crippen LogP contribution < -0.4 is 0 Å². The first-order valence-electron chi connectivity index (χ1n) is 9.53. The highest BCUT2D eigenvalue weighted by Gasteiger charge is 2.44. The molecule has 1 N–H and O–H groups in total. The minimum Gasteiger partial charge on any atom is -0.390 e. The number of hydrogen-bond donors (Lipinski definition) is 1. The highest BCUT2D eigenvalue weighted by Crippen LogP contribution is 2.43. The van der Waals surface area contributed by atoms with E-state index < -0.39 is 5.60 Å². The highest BCUT2D eigenvalue weighted by atomic mass is 79.9. The molecule has 2 aromatic rings. The second-order valence-corrected chi connectivity index (χ2v) is 9.29. The third-order valence-corrected chi connectivity index (χ3v) is 6.15. The van der Waals surface area contributed by atoms with Crippen LogP contribution in [0.3, 0.4) is 0 Å². The van der Waals surface area contributed by atoms with Gasteiger partial charge in [0.2, 0.25) is 5.91 Å². The maximum atomic E-state index is 13.2. The van der Waals surface area contributed by atoms with E-state index >= 15 is 0 Å². The molecule has 3 rings (SSSR count). The summed E-state index contributed by atoms with van der Waals surface area (Å²) in [6.45, 7) is 6.45. The van der Waals surface area contributed by atoms with Crippen LogP contribution in [0.5, 0.6) is 0 Å². The Bertz CT molecular complexity index is 782.